The van der Waals surface area contributed by atoms with Gasteiger partial charge in [0, 0.05) is 23.3 Å². The number of nitrogens with zero attached hydrogens (tertiary/aromatic N) is 1. The van der Waals surface area contributed by atoms with E-state index < -0.39 is 0 Å². The maximum atomic E-state index is 5.53. The summed E-state index contributed by atoms with van der Waals surface area (Å²) >= 11 is 3.41. The fourth-order valence-corrected chi connectivity index (χ4v) is 2.39. The van der Waals surface area contributed by atoms with E-state index in [0.717, 1.165) is 29.7 Å². The zero-order valence-corrected chi connectivity index (χ0v) is 11.3. The largest absolute Gasteiger partial charge is 0.378 e. The topological polar surface area (TPSA) is 34.1 Å². The van der Waals surface area contributed by atoms with Crippen LogP contribution in [-0.4, -0.2) is 23.7 Å². The van der Waals surface area contributed by atoms with E-state index in [1.807, 2.05) is 13.1 Å². The zero-order valence-electron chi connectivity index (χ0n) is 9.66. The highest BCUT2D eigenvalue weighted by atomic mass is 79.9. The van der Waals surface area contributed by atoms with E-state index in [-0.39, 0.29) is 0 Å². The molecule has 1 aliphatic carbocycles. The van der Waals surface area contributed by atoms with Gasteiger partial charge in [0.05, 0.1) is 6.10 Å². The van der Waals surface area contributed by atoms with Crippen LogP contribution in [0.2, 0.25) is 0 Å². The summed E-state index contributed by atoms with van der Waals surface area (Å²) in [6, 6.07) is 2.59. The fraction of sp³-hybridized carbons (Fsp3) is 0.583. The van der Waals surface area contributed by atoms with Crippen LogP contribution < -0.4 is 5.32 Å². The number of rotatable bonds is 4. The average molecular weight is 285 g/mol. The summed E-state index contributed by atoms with van der Waals surface area (Å²) in [7, 11) is 0. The number of aryl methyl sites for hydroxylation is 1. The van der Waals surface area contributed by atoms with Gasteiger partial charge in [0.1, 0.15) is 5.82 Å². The van der Waals surface area contributed by atoms with Crippen molar-refractivity contribution in [2.45, 2.75) is 38.8 Å². The lowest BCUT2D eigenvalue weighted by molar-refractivity contribution is 0.00291. The van der Waals surface area contributed by atoms with Gasteiger partial charge in [0.15, 0.2) is 0 Å². The summed E-state index contributed by atoms with van der Waals surface area (Å²) in [6.07, 6.45) is 4.45. The van der Waals surface area contributed by atoms with Crippen LogP contribution in [0.5, 0.6) is 0 Å². The molecule has 0 aromatic carbocycles. The summed E-state index contributed by atoms with van der Waals surface area (Å²) in [4.78, 5) is 4.37. The number of nitrogens with one attached hydrogen (secondary N) is 1. The van der Waals surface area contributed by atoms with Crippen molar-refractivity contribution in [1.82, 2.24) is 4.98 Å². The van der Waals surface area contributed by atoms with Crippen molar-refractivity contribution in [2.75, 3.05) is 11.9 Å². The molecule has 0 aliphatic heterocycles. The van der Waals surface area contributed by atoms with Crippen molar-refractivity contribution in [3.05, 3.63) is 22.3 Å². The lowest BCUT2D eigenvalue weighted by Gasteiger charge is -2.36. The Morgan fingerprint density at radius 2 is 2.31 bits per heavy atom. The van der Waals surface area contributed by atoms with E-state index in [1.165, 1.54) is 5.56 Å². The molecule has 0 spiro atoms. The molecule has 1 aliphatic rings. The molecule has 0 atom stereocenters. The Balaban J connectivity index is 1.87. The predicted octanol–water partition coefficient (Wildman–Crippen LogP) is 3.13. The number of aromatic nitrogens is 1. The standard InChI is InChI=1S/C12H17BrN2O/c1-3-16-11-5-10(6-11)15-12-8(2)4-9(13)7-14-12/h4,7,10-11H,3,5-6H2,1-2H3,(H,14,15). The highest BCUT2D eigenvalue weighted by molar-refractivity contribution is 9.10. The number of hydrogen-bond donors (Lipinski definition) is 1. The number of halogens is 1. The Labute approximate surface area is 105 Å². The van der Waals surface area contributed by atoms with Crippen LogP contribution in [0, 0.1) is 6.92 Å². The number of pyridine rings is 1. The van der Waals surface area contributed by atoms with Crippen LogP contribution in [0.15, 0.2) is 16.7 Å². The van der Waals surface area contributed by atoms with Crippen LogP contribution in [0.3, 0.4) is 0 Å². The average Bonchev–Trinajstić information content (AvgIpc) is 2.18. The van der Waals surface area contributed by atoms with Crippen LogP contribution in [0.25, 0.3) is 0 Å². The first-order chi connectivity index (χ1) is 7.69. The van der Waals surface area contributed by atoms with Crippen molar-refractivity contribution in [3.63, 3.8) is 0 Å². The minimum Gasteiger partial charge on any atom is -0.378 e. The Morgan fingerprint density at radius 3 is 2.94 bits per heavy atom. The number of ether oxygens (including phenoxy) is 1. The summed E-state index contributed by atoms with van der Waals surface area (Å²) in [5.41, 5.74) is 1.18. The van der Waals surface area contributed by atoms with Crippen LogP contribution >= 0.6 is 15.9 Å². The maximum absolute atomic E-state index is 5.53. The Bertz CT molecular complexity index is 364. The fourth-order valence-electron chi connectivity index (χ4n) is 1.94. The highest BCUT2D eigenvalue weighted by Gasteiger charge is 2.29. The van der Waals surface area contributed by atoms with E-state index in [9.17, 15) is 0 Å². The van der Waals surface area contributed by atoms with E-state index in [4.69, 9.17) is 4.74 Å². The Hall–Kier alpha value is -0.610. The molecule has 1 heterocycles. The second-order valence-corrected chi connectivity index (χ2v) is 5.12. The first-order valence-electron chi connectivity index (χ1n) is 5.69. The third kappa shape index (κ3) is 2.74. The maximum Gasteiger partial charge on any atom is 0.129 e. The number of anilines is 1. The van der Waals surface area contributed by atoms with Crippen molar-refractivity contribution in [2.24, 2.45) is 0 Å². The number of hydrogen-bond acceptors (Lipinski definition) is 3. The molecule has 0 unspecified atom stereocenters. The minimum atomic E-state index is 0.443. The van der Waals surface area contributed by atoms with Gasteiger partial charge in [0.2, 0.25) is 0 Å². The van der Waals surface area contributed by atoms with E-state index >= 15 is 0 Å². The normalized spacial score (nSPS) is 23.9. The predicted molar refractivity (Wildman–Crippen MR) is 68.7 cm³/mol. The molecular formula is C12H17BrN2O. The molecule has 1 N–H and O–H groups in total. The molecule has 1 aromatic rings. The summed E-state index contributed by atoms with van der Waals surface area (Å²) < 4.78 is 6.55. The van der Waals surface area contributed by atoms with Crippen molar-refractivity contribution >= 4 is 21.7 Å². The van der Waals surface area contributed by atoms with Gasteiger partial charge in [0.25, 0.3) is 0 Å². The van der Waals surface area contributed by atoms with Gasteiger partial charge in [-0.1, -0.05) is 0 Å². The summed E-state index contributed by atoms with van der Waals surface area (Å²) in [5, 5.41) is 3.45. The van der Waals surface area contributed by atoms with E-state index in [2.05, 4.69) is 39.2 Å². The Morgan fingerprint density at radius 1 is 1.56 bits per heavy atom. The molecule has 0 amide bonds. The minimum absolute atomic E-state index is 0.443. The van der Waals surface area contributed by atoms with Gasteiger partial charge < -0.3 is 10.1 Å². The lowest BCUT2D eigenvalue weighted by Crippen LogP contribution is -2.41. The SMILES string of the molecule is CCOC1CC(Nc2ncc(Br)cc2C)C1. The second kappa shape index (κ2) is 5.15. The second-order valence-electron chi connectivity index (χ2n) is 4.21. The van der Waals surface area contributed by atoms with Crippen molar-refractivity contribution in [3.8, 4) is 0 Å². The third-order valence-corrected chi connectivity index (χ3v) is 3.32. The van der Waals surface area contributed by atoms with E-state index in [1.54, 1.807) is 0 Å². The molecule has 0 bridgehead atoms. The molecule has 2 rings (SSSR count). The molecule has 88 valence electrons. The molecule has 16 heavy (non-hydrogen) atoms. The molecule has 1 fully saturated rings. The molecule has 4 heteroatoms. The van der Waals surface area contributed by atoms with Gasteiger partial charge in [-0.25, -0.2) is 4.98 Å². The zero-order chi connectivity index (χ0) is 11.5. The molecular weight excluding hydrogens is 268 g/mol. The molecule has 1 saturated carbocycles. The first-order valence-corrected chi connectivity index (χ1v) is 6.48. The van der Waals surface area contributed by atoms with Crippen molar-refractivity contribution in [1.29, 1.82) is 0 Å². The smallest absolute Gasteiger partial charge is 0.129 e. The van der Waals surface area contributed by atoms with Gasteiger partial charge in [-0.15, -0.1) is 0 Å². The quantitative estimate of drug-likeness (QED) is 0.923. The van der Waals surface area contributed by atoms with Crippen LogP contribution in [0.1, 0.15) is 25.3 Å². The highest BCUT2D eigenvalue weighted by Crippen LogP contribution is 2.27. The molecule has 1 aromatic heterocycles. The van der Waals surface area contributed by atoms with E-state index in [0.29, 0.717) is 12.1 Å². The first kappa shape index (κ1) is 11.9. The summed E-state index contributed by atoms with van der Waals surface area (Å²) in [5.74, 6) is 0.989. The van der Waals surface area contributed by atoms with Crippen LogP contribution in [-0.2, 0) is 4.74 Å². The molecule has 0 radical (unpaired) electrons. The summed E-state index contributed by atoms with van der Waals surface area (Å²) in [6.45, 7) is 4.92. The van der Waals surface area contributed by atoms with Gasteiger partial charge in [-0.3, -0.25) is 0 Å². The van der Waals surface area contributed by atoms with Gasteiger partial charge in [-0.05, 0) is 54.2 Å². The molecule has 3 nitrogen and oxygen atoms in total. The Kier molecular flexibility index (Phi) is 3.82. The van der Waals surface area contributed by atoms with Crippen molar-refractivity contribution < 1.29 is 4.74 Å². The van der Waals surface area contributed by atoms with Crippen LogP contribution in [0.4, 0.5) is 5.82 Å². The lowest BCUT2D eigenvalue weighted by atomic mass is 9.89. The van der Waals surface area contributed by atoms with Gasteiger partial charge in [-0.2, -0.15) is 0 Å². The molecule has 0 saturated heterocycles. The third-order valence-electron chi connectivity index (χ3n) is 2.88. The van der Waals surface area contributed by atoms with Gasteiger partial charge >= 0.3 is 0 Å². The monoisotopic (exact) mass is 284 g/mol.